The molecule has 3 N–H and O–H groups in total. The highest BCUT2D eigenvalue weighted by atomic mass is 32.2. The summed E-state index contributed by atoms with van der Waals surface area (Å²) in [5.41, 5.74) is 1.69. The topological polar surface area (TPSA) is 98.1 Å². The average Bonchev–Trinajstić information content (AvgIpc) is 2.74. The Morgan fingerprint density at radius 1 is 0.690 bits per heavy atom. The molecule has 2 unspecified atom stereocenters. The number of nitrogens with zero attached hydrogens (tertiary/aromatic N) is 1. The van der Waals surface area contributed by atoms with Crippen LogP contribution in [0.15, 0.2) is 89.8 Å². The predicted molar refractivity (Wildman–Crippen MR) is 111 cm³/mol. The van der Waals surface area contributed by atoms with Gasteiger partial charge in [-0.3, -0.25) is 4.55 Å². The fourth-order valence-electron chi connectivity index (χ4n) is 3.50. The van der Waals surface area contributed by atoms with E-state index in [1.54, 1.807) is 17.0 Å². The molecule has 6 nitrogen and oxygen atoms in total. The molecule has 0 heterocycles. The third-order valence-electron chi connectivity index (χ3n) is 4.81. The summed E-state index contributed by atoms with van der Waals surface area (Å²) in [5, 5.41) is 20.5. The molecule has 0 radical (unpaired) electrons. The van der Waals surface area contributed by atoms with Crippen molar-refractivity contribution in [3.05, 3.63) is 96.1 Å². The van der Waals surface area contributed by atoms with E-state index in [2.05, 4.69) is 0 Å². The van der Waals surface area contributed by atoms with Gasteiger partial charge in [-0.05, 0) is 23.3 Å². The van der Waals surface area contributed by atoms with Crippen molar-refractivity contribution in [1.29, 1.82) is 0 Å². The Hall–Kier alpha value is -2.71. The van der Waals surface area contributed by atoms with E-state index in [4.69, 9.17) is 0 Å². The van der Waals surface area contributed by atoms with Crippen molar-refractivity contribution in [2.45, 2.75) is 17.0 Å². The zero-order valence-corrected chi connectivity index (χ0v) is 16.5. The molecule has 0 aliphatic rings. The van der Waals surface area contributed by atoms with Gasteiger partial charge in [0.05, 0.1) is 31.0 Å². The van der Waals surface area contributed by atoms with Crippen LogP contribution in [0, 0.1) is 0 Å². The van der Waals surface area contributed by atoms with E-state index in [9.17, 15) is 23.2 Å². The Kier molecular flexibility index (Phi) is 6.66. The molecule has 0 fully saturated rings. The van der Waals surface area contributed by atoms with E-state index < -0.39 is 22.2 Å². The van der Waals surface area contributed by atoms with Gasteiger partial charge in [-0.15, -0.1) is 0 Å². The van der Waals surface area contributed by atoms with Gasteiger partial charge in [0.2, 0.25) is 0 Å². The Morgan fingerprint density at radius 3 is 1.52 bits per heavy atom. The maximum Gasteiger partial charge on any atom is 0.296 e. The summed E-state index contributed by atoms with van der Waals surface area (Å²) in [6, 6.07) is 23.0. The van der Waals surface area contributed by atoms with Crippen molar-refractivity contribution in [1.82, 2.24) is 0 Å². The van der Waals surface area contributed by atoms with Crippen LogP contribution in [0.1, 0.15) is 23.2 Å². The third-order valence-corrected chi connectivity index (χ3v) is 5.71. The maximum atomic E-state index is 12.1. The highest BCUT2D eigenvalue weighted by molar-refractivity contribution is 7.86. The lowest BCUT2D eigenvalue weighted by atomic mass is 9.98. The molecule has 29 heavy (non-hydrogen) atoms. The maximum absolute atomic E-state index is 12.1. The van der Waals surface area contributed by atoms with Crippen LogP contribution in [0.25, 0.3) is 0 Å². The lowest BCUT2D eigenvalue weighted by molar-refractivity contribution is 0.220. The molecule has 0 saturated carbocycles. The zero-order chi connectivity index (χ0) is 20.9. The lowest BCUT2D eigenvalue weighted by Gasteiger charge is -2.39. The molecular weight excluding hydrogens is 390 g/mol. The van der Waals surface area contributed by atoms with E-state index in [-0.39, 0.29) is 23.8 Å². The second-order valence-electron chi connectivity index (χ2n) is 6.57. The molecule has 7 heteroatoms. The number of para-hydroxylation sites is 1. The van der Waals surface area contributed by atoms with E-state index in [0.717, 1.165) is 11.1 Å². The highest BCUT2D eigenvalue weighted by Gasteiger charge is 2.32. The number of hydrogen-bond acceptors (Lipinski definition) is 5. The van der Waals surface area contributed by atoms with E-state index in [0.29, 0.717) is 0 Å². The van der Waals surface area contributed by atoms with Crippen molar-refractivity contribution in [3.63, 3.8) is 0 Å². The molecular formula is C22H23NO5S. The van der Waals surface area contributed by atoms with E-state index in [1.165, 1.54) is 12.1 Å². The number of benzene rings is 3. The van der Waals surface area contributed by atoms with Crippen LogP contribution < -0.4 is 4.90 Å². The monoisotopic (exact) mass is 413 g/mol. The second kappa shape index (κ2) is 9.19. The predicted octanol–water partition coefficient (Wildman–Crippen LogP) is 3.21. The molecule has 3 aromatic carbocycles. The fourth-order valence-corrected chi connectivity index (χ4v) is 4.19. The molecule has 0 aliphatic carbocycles. The SMILES string of the molecule is O=S(=O)(O)c1ccccc1N(C(CO)c1ccccc1)C(CO)c1ccccc1. The Labute approximate surface area is 170 Å². The molecule has 0 amide bonds. The van der Waals surface area contributed by atoms with Gasteiger partial charge in [0.25, 0.3) is 10.1 Å². The van der Waals surface area contributed by atoms with Crippen molar-refractivity contribution < 1.29 is 23.2 Å². The van der Waals surface area contributed by atoms with Gasteiger partial charge in [-0.2, -0.15) is 8.42 Å². The van der Waals surface area contributed by atoms with E-state index in [1.807, 2.05) is 60.7 Å². The smallest absolute Gasteiger partial charge is 0.296 e. The minimum absolute atomic E-state index is 0.195. The largest absolute Gasteiger partial charge is 0.394 e. The van der Waals surface area contributed by atoms with Crippen LogP contribution >= 0.6 is 0 Å². The summed E-state index contributed by atoms with van der Waals surface area (Å²) >= 11 is 0. The van der Waals surface area contributed by atoms with Crippen LogP contribution in [-0.2, 0) is 10.1 Å². The number of hydrogen-bond donors (Lipinski definition) is 3. The molecule has 0 aliphatic heterocycles. The number of rotatable bonds is 8. The summed E-state index contributed by atoms with van der Waals surface area (Å²) in [6.07, 6.45) is 0. The molecule has 3 rings (SSSR count). The summed E-state index contributed by atoms with van der Waals surface area (Å²) in [7, 11) is -4.53. The van der Waals surface area contributed by atoms with Crippen molar-refractivity contribution >= 4 is 15.8 Å². The second-order valence-corrected chi connectivity index (χ2v) is 7.96. The van der Waals surface area contributed by atoms with Gasteiger partial charge in [0, 0.05) is 0 Å². The third kappa shape index (κ3) is 4.65. The molecule has 0 saturated heterocycles. The number of aliphatic hydroxyl groups excluding tert-OH is 2. The van der Waals surface area contributed by atoms with Crippen LogP contribution in [-0.4, -0.2) is 36.4 Å². The first-order valence-electron chi connectivity index (χ1n) is 9.14. The summed E-state index contributed by atoms with van der Waals surface area (Å²) < 4.78 is 33.9. The fraction of sp³-hybridized carbons (Fsp3) is 0.182. The van der Waals surface area contributed by atoms with Gasteiger partial charge in [0.15, 0.2) is 0 Å². The summed E-state index contributed by atoms with van der Waals surface area (Å²) in [4.78, 5) is 1.36. The number of anilines is 1. The van der Waals surface area contributed by atoms with Crippen molar-refractivity contribution in [2.24, 2.45) is 0 Å². The number of aliphatic hydroxyl groups is 2. The van der Waals surface area contributed by atoms with Crippen molar-refractivity contribution in [3.8, 4) is 0 Å². The van der Waals surface area contributed by atoms with Crippen LogP contribution in [0.2, 0.25) is 0 Å². The minimum atomic E-state index is -4.53. The molecule has 0 spiro atoms. The Balaban J connectivity index is 2.25. The van der Waals surface area contributed by atoms with E-state index >= 15 is 0 Å². The first-order chi connectivity index (χ1) is 14.0. The van der Waals surface area contributed by atoms with Crippen LogP contribution in [0.3, 0.4) is 0 Å². The van der Waals surface area contributed by atoms with Gasteiger partial charge in [-0.1, -0.05) is 72.8 Å². The Bertz CT molecular complexity index is 978. The highest BCUT2D eigenvalue weighted by Crippen LogP contribution is 2.39. The zero-order valence-electron chi connectivity index (χ0n) is 15.7. The normalized spacial score (nSPS) is 13.6. The Morgan fingerprint density at radius 2 is 1.10 bits per heavy atom. The first kappa shape index (κ1) is 21.0. The van der Waals surface area contributed by atoms with Crippen LogP contribution in [0.4, 0.5) is 5.69 Å². The quantitative estimate of drug-likeness (QED) is 0.491. The molecule has 3 aromatic rings. The first-order valence-corrected chi connectivity index (χ1v) is 10.6. The molecule has 2 atom stereocenters. The average molecular weight is 413 g/mol. The molecule has 0 aromatic heterocycles. The van der Waals surface area contributed by atoms with Gasteiger partial charge in [0.1, 0.15) is 4.90 Å². The van der Waals surface area contributed by atoms with Crippen molar-refractivity contribution in [2.75, 3.05) is 18.1 Å². The van der Waals surface area contributed by atoms with Crippen LogP contribution in [0.5, 0.6) is 0 Å². The summed E-state index contributed by atoms with van der Waals surface area (Å²) in [5.74, 6) is 0. The molecule has 152 valence electrons. The molecule has 0 bridgehead atoms. The van der Waals surface area contributed by atoms with Gasteiger partial charge in [-0.25, -0.2) is 0 Å². The van der Waals surface area contributed by atoms with Gasteiger partial charge >= 0.3 is 0 Å². The standard InChI is InChI=1S/C22H23NO5S/c24-15-20(17-9-3-1-4-10-17)23(21(16-25)18-11-5-2-6-12-18)19-13-7-8-14-22(19)29(26,27)28/h1-14,20-21,24-25H,15-16H2,(H,26,27,28). The lowest BCUT2D eigenvalue weighted by Crippen LogP contribution is -2.37. The van der Waals surface area contributed by atoms with Gasteiger partial charge < -0.3 is 15.1 Å². The minimum Gasteiger partial charge on any atom is -0.394 e. The summed E-state index contributed by atoms with van der Waals surface area (Å²) in [6.45, 7) is -0.652.